The Morgan fingerprint density at radius 3 is 2.55 bits per heavy atom. The van der Waals surface area contributed by atoms with Crippen LogP contribution in [0.3, 0.4) is 0 Å². The summed E-state index contributed by atoms with van der Waals surface area (Å²) in [5.41, 5.74) is 1.45. The molecule has 0 saturated heterocycles. The van der Waals surface area contributed by atoms with Crippen LogP contribution in [0, 0.1) is 5.92 Å². The molecule has 0 spiro atoms. The number of aromatic nitrogens is 3. The van der Waals surface area contributed by atoms with Crippen molar-refractivity contribution >= 4 is 52.5 Å². The molecule has 0 bridgehead atoms. The Labute approximate surface area is 213 Å². The maximum absolute atomic E-state index is 13.0. The molecule has 1 atom stereocenters. The van der Waals surface area contributed by atoms with Crippen LogP contribution in [-0.4, -0.2) is 20.7 Å². The van der Waals surface area contributed by atoms with Gasteiger partial charge in [-0.3, -0.25) is 4.79 Å². The summed E-state index contributed by atoms with van der Waals surface area (Å²) in [5.74, 6) is 1.40. The summed E-state index contributed by atoms with van der Waals surface area (Å²) < 4.78 is 1.98. The lowest BCUT2D eigenvalue weighted by atomic mass is 10.0. The second-order valence-corrected chi connectivity index (χ2v) is 10.1. The first-order valence-corrected chi connectivity index (χ1v) is 12.6. The van der Waals surface area contributed by atoms with Crippen LogP contribution < -0.4 is 5.32 Å². The van der Waals surface area contributed by atoms with Crippen molar-refractivity contribution in [3.63, 3.8) is 0 Å². The van der Waals surface area contributed by atoms with E-state index in [1.54, 1.807) is 36.4 Å². The maximum Gasteiger partial charge on any atom is 0.253 e. The zero-order valence-corrected chi connectivity index (χ0v) is 21.5. The van der Waals surface area contributed by atoms with E-state index in [4.69, 9.17) is 34.8 Å². The van der Waals surface area contributed by atoms with Crippen molar-refractivity contribution < 1.29 is 4.79 Å². The predicted molar refractivity (Wildman–Crippen MR) is 137 cm³/mol. The molecule has 33 heavy (non-hydrogen) atoms. The molecule has 1 N–H and O–H groups in total. The van der Waals surface area contributed by atoms with Crippen LogP contribution in [0.25, 0.3) is 0 Å². The minimum Gasteiger partial charge on any atom is -0.342 e. The number of benzene rings is 2. The van der Waals surface area contributed by atoms with Gasteiger partial charge in [0, 0.05) is 12.3 Å². The molecule has 174 valence electrons. The van der Waals surface area contributed by atoms with Crippen LogP contribution in [0.1, 0.15) is 48.1 Å². The van der Waals surface area contributed by atoms with E-state index in [1.165, 1.54) is 11.8 Å². The van der Waals surface area contributed by atoms with Gasteiger partial charge in [-0.05, 0) is 42.2 Å². The molecule has 2 aromatic carbocycles. The smallest absolute Gasteiger partial charge is 0.253 e. The van der Waals surface area contributed by atoms with Crippen molar-refractivity contribution in [3.8, 4) is 0 Å². The molecule has 3 rings (SSSR count). The first-order valence-electron chi connectivity index (χ1n) is 10.5. The van der Waals surface area contributed by atoms with Crippen molar-refractivity contribution in [1.82, 2.24) is 20.1 Å². The van der Waals surface area contributed by atoms with E-state index in [9.17, 15) is 4.79 Å². The monoisotopic (exact) mass is 522 g/mol. The summed E-state index contributed by atoms with van der Waals surface area (Å²) in [4.78, 5) is 13.0. The number of carbonyl (C=O) groups excluding carboxylic acids is 1. The van der Waals surface area contributed by atoms with E-state index in [0.717, 1.165) is 10.7 Å². The summed E-state index contributed by atoms with van der Waals surface area (Å²) >= 11 is 19.9. The molecule has 1 heterocycles. The molecule has 0 unspecified atom stereocenters. The average molecular weight is 524 g/mol. The molecular formula is C24H25Cl3N4OS. The summed E-state index contributed by atoms with van der Waals surface area (Å²) in [6.45, 7) is 8.59. The third-order valence-electron chi connectivity index (χ3n) is 4.85. The number of carbonyl (C=O) groups is 1. The fraction of sp³-hybridized carbons (Fsp3) is 0.292. The van der Waals surface area contributed by atoms with E-state index < -0.39 is 0 Å². The normalized spacial score (nSPS) is 12.1. The largest absolute Gasteiger partial charge is 0.342 e. The number of thioether (sulfide) groups is 1. The van der Waals surface area contributed by atoms with Gasteiger partial charge in [0.25, 0.3) is 5.91 Å². The maximum atomic E-state index is 13.0. The zero-order chi connectivity index (χ0) is 24.0. The van der Waals surface area contributed by atoms with Gasteiger partial charge in [-0.25, -0.2) is 0 Å². The zero-order valence-electron chi connectivity index (χ0n) is 18.4. The molecule has 0 aliphatic heterocycles. The Kier molecular flexibility index (Phi) is 9.27. The summed E-state index contributed by atoms with van der Waals surface area (Å²) in [6.07, 6.45) is 2.49. The quantitative estimate of drug-likeness (QED) is 0.225. The molecule has 1 aromatic heterocycles. The summed E-state index contributed by atoms with van der Waals surface area (Å²) in [6, 6.07) is 12.2. The Morgan fingerprint density at radius 2 is 1.88 bits per heavy atom. The lowest BCUT2D eigenvalue weighted by molar-refractivity contribution is 0.0929. The highest BCUT2D eigenvalue weighted by molar-refractivity contribution is 7.98. The van der Waals surface area contributed by atoms with Gasteiger partial charge in [-0.1, -0.05) is 84.7 Å². The van der Waals surface area contributed by atoms with Gasteiger partial charge in [-0.2, -0.15) is 0 Å². The fourth-order valence-corrected chi connectivity index (χ4v) is 4.76. The average Bonchev–Trinajstić information content (AvgIpc) is 3.17. The third kappa shape index (κ3) is 6.76. The Balaban J connectivity index is 1.86. The summed E-state index contributed by atoms with van der Waals surface area (Å²) in [7, 11) is 0. The first-order chi connectivity index (χ1) is 15.8. The summed E-state index contributed by atoms with van der Waals surface area (Å²) in [5, 5.41) is 14.1. The molecule has 3 aromatic rings. The molecule has 5 nitrogen and oxygen atoms in total. The highest BCUT2D eigenvalue weighted by atomic mass is 35.5. The van der Waals surface area contributed by atoms with Gasteiger partial charge in [0.1, 0.15) is 0 Å². The van der Waals surface area contributed by atoms with Gasteiger partial charge in [-0.15, -0.1) is 16.8 Å². The first kappa shape index (κ1) is 25.6. The van der Waals surface area contributed by atoms with Crippen molar-refractivity contribution in [1.29, 1.82) is 0 Å². The van der Waals surface area contributed by atoms with Gasteiger partial charge in [0.15, 0.2) is 11.0 Å². The van der Waals surface area contributed by atoms with E-state index >= 15 is 0 Å². The van der Waals surface area contributed by atoms with Gasteiger partial charge < -0.3 is 9.88 Å². The highest BCUT2D eigenvalue weighted by Crippen LogP contribution is 2.30. The van der Waals surface area contributed by atoms with E-state index in [2.05, 4.69) is 35.9 Å². The van der Waals surface area contributed by atoms with Gasteiger partial charge in [0.05, 0.1) is 26.7 Å². The van der Waals surface area contributed by atoms with Crippen LogP contribution in [0.4, 0.5) is 0 Å². The molecule has 0 radical (unpaired) electrons. The predicted octanol–water partition coefficient (Wildman–Crippen LogP) is 7.23. The van der Waals surface area contributed by atoms with Crippen LogP contribution >= 0.6 is 46.6 Å². The minimum atomic E-state index is -0.333. The molecule has 0 fully saturated rings. The van der Waals surface area contributed by atoms with E-state index in [-0.39, 0.29) is 11.9 Å². The SMILES string of the molecule is C=CCn1c(SCc2ccc(Cl)c(Cl)c2)nnc1[C@H](CC(C)C)NC(=O)c1ccccc1Cl. The molecular weight excluding hydrogens is 499 g/mol. The van der Waals surface area contributed by atoms with Crippen LogP contribution in [0.2, 0.25) is 15.1 Å². The van der Waals surface area contributed by atoms with E-state index in [1.807, 2.05) is 16.7 Å². The standard InChI is InChI=1S/C24H25Cl3N4OS/c1-4-11-31-22(29-30-24(31)33-14-16-9-10-19(26)20(27)13-16)21(12-15(2)3)28-23(32)17-7-5-6-8-18(17)25/h4-10,13,15,21H,1,11-12,14H2,2-3H3,(H,28,32)/t21-/m0/s1. The fourth-order valence-electron chi connectivity index (χ4n) is 3.32. The van der Waals surface area contributed by atoms with Crippen molar-refractivity contribution in [2.75, 3.05) is 0 Å². The minimum absolute atomic E-state index is 0.246. The molecule has 9 heteroatoms. The van der Waals surface area contributed by atoms with Crippen molar-refractivity contribution in [2.45, 2.75) is 43.8 Å². The molecule has 0 aliphatic rings. The number of hydrogen-bond donors (Lipinski definition) is 1. The van der Waals surface area contributed by atoms with Crippen LogP contribution in [0.15, 0.2) is 60.3 Å². The highest BCUT2D eigenvalue weighted by Gasteiger charge is 2.25. The number of rotatable bonds is 10. The van der Waals surface area contributed by atoms with Crippen LogP contribution in [0.5, 0.6) is 0 Å². The molecule has 0 saturated carbocycles. The lowest BCUT2D eigenvalue weighted by Gasteiger charge is -2.21. The van der Waals surface area contributed by atoms with Crippen molar-refractivity contribution in [3.05, 3.63) is 87.1 Å². The van der Waals surface area contributed by atoms with Crippen molar-refractivity contribution in [2.24, 2.45) is 5.92 Å². The number of allylic oxidation sites excluding steroid dienone is 1. The Bertz CT molecular complexity index is 1130. The topological polar surface area (TPSA) is 59.8 Å². The lowest BCUT2D eigenvalue weighted by Crippen LogP contribution is -2.31. The second kappa shape index (κ2) is 11.9. The number of nitrogens with zero attached hydrogens (tertiary/aromatic N) is 3. The number of nitrogens with one attached hydrogen (secondary N) is 1. The Hall–Kier alpha value is -1.99. The number of hydrogen-bond acceptors (Lipinski definition) is 4. The van der Waals surface area contributed by atoms with Crippen LogP contribution in [-0.2, 0) is 12.3 Å². The van der Waals surface area contributed by atoms with Gasteiger partial charge >= 0.3 is 0 Å². The third-order valence-corrected chi connectivity index (χ3v) is 6.96. The number of amides is 1. The second-order valence-electron chi connectivity index (χ2n) is 7.91. The molecule has 0 aliphatic carbocycles. The molecule has 1 amide bonds. The van der Waals surface area contributed by atoms with E-state index in [0.29, 0.717) is 51.1 Å². The Morgan fingerprint density at radius 1 is 1.12 bits per heavy atom. The number of halogens is 3. The van der Waals surface area contributed by atoms with Gasteiger partial charge in [0.2, 0.25) is 0 Å².